The SMILES string of the molecule is Cc1ccc(C=NN=Cc2ccc(C3CCC(C)CC3)cc2)cc1. The molecule has 0 unspecified atom stereocenters. The van der Waals surface area contributed by atoms with E-state index in [0.717, 1.165) is 23.0 Å². The van der Waals surface area contributed by atoms with Gasteiger partial charge in [0.2, 0.25) is 0 Å². The Bertz CT molecular complexity index is 688. The van der Waals surface area contributed by atoms with Crippen LogP contribution < -0.4 is 0 Å². The zero-order valence-electron chi connectivity index (χ0n) is 14.7. The topological polar surface area (TPSA) is 24.7 Å². The largest absolute Gasteiger partial charge is 0.159 e. The van der Waals surface area contributed by atoms with E-state index in [0.29, 0.717) is 0 Å². The second-order valence-corrected chi connectivity index (χ2v) is 7.02. The minimum Gasteiger partial charge on any atom is -0.159 e. The number of aryl methyl sites for hydroxylation is 1. The molecule has 1 aliphatic rings. The molecule has 1 fully saturated rings. The summed E-state index contributed by atoms with van der Waals surface area (Å²) in [5.41, 5.74) is 4.90. The van der Waals surface area contributed by atoms with Crippen LogP contribution in [-0.2, 0) is 0 Å². The van der Waals surface area contributed by atoms with Crippen molar-refractivity contribution < 1.29 is 0 Å². The van der Waals surface area contributed by atoms with Crippen LogP contribution in [0.2, 0.25) is 0 Å². The molecule has 0 radical (unpaired) electrons. The molecule has 0 amide bonds. The Morgan fingerprint density at radius 2 is 1.25 bits per heavy atom. The Morgan fingerprint density at radius 3 is 1.79 bits per heavy atom. The quantitative estimate of drug-likeness (QED) is 0.507. The van der Waals surface area contributed by atoms with Crippen molar-refractivity contribution in [2.24, 2.45) is 16.1 Å². The van der Waals surface area contributed by atoms with Crippen molar-refractivity contribution in [1.29, 1.82) is 0 Å². The van der Waals surface area contributed by atoms with Gasteiger partial charge in [-0.3, -0.25) is 0 Å². The lowest BCUT2D eigenvalue weighted by molar-refractivity contribution is 0.348. The fourth-order valence-electron chi connectivity index (χ4n) is 3.30. The summed E-state index contributed by atoms with van der Waals surface area (Å²) in [5, 5.41) is 8.29. The number of hydrogen-bond acceptors (Lipinski definition) is 2. The fraction of sp³-hybridized carbons (Fsp3) is 0.364. The summed E-state index contributed by atoms with van der Waals surface area (Å²) in [6.07, 6.45) is 8.99. The first kappa shape index (κ1) is 16.6. The lowest BCUT2D eigenvalue weighted by Crippen LogP contribution is -2.10. The second kappa shape index (κ2) is 8.05. The highest BCUT2D eigenvalue weighted by atomic mass is 15.2. The maximum Gasteiger partial charge on any atom is 0.0568 e. The van der Waals surface area contributed by atoms with E-state index in [4.69, 9.17) is 0 Å². The molecule has 0 aliphatic heterocycles. The highest BCUT2D eigenvalue weighted by molar-refractivity contribution is 5.82. The van der Waals surface area contributed by atoms with Crippen LogP contribution >= 0.6 is 0 Å². The first-order valence-electron chi connectivity index (χ1n) is 8.94. The van der Waals surface area contributed by atoms with E-state index < -0.39 is 0 Å². The molecule has 0 atom stereocenters. The molecule has 24 heavy (non-hydrogen) atoms. The average molecular weight is 318 g/mol. The average Bonchev–Trinajstić information content (AvgIpc) is 2.62. The van der Waals surface area contributed by atoms with Crippen LogP contribution in [0, 0.1) is 12.8 Å². The zero-order valence-corrected chi connectivity index (χ0v) is 14.7. The van der Waals surface area contributed by atoms with Crippen molar-refractivity contribution in [1.82, 2.24) is 0 Å². The lowest BCUT2D eigenvalue weighted by atomic mass is 9.79. The normalized spacial score (nSPS) is 21.6. The van der Waals surface area contributed by atoms with Crippen molar-refractivity contribution in [3.05, 3.63) is 70.8 Å². The molecule has 3 rings (SSSR count). The molecule has 2 aromatic carbocycles. The molecule has 1 aliphatic carbocycles. The summed E-state index contributed by atoms with van der Waals surface area (Å²) in [7, 11) is 0. The van der Waals surface area contributed by atoms with Gasteiger partial charge in [0.05, 0.1) is 12.4 Å². The van der Waals surface area contributed by atoms with Gasteiger partial charge in [-0.15, -0.1) is 0 Å². The van der Waals surface area contributed by atoms with Gasteiger partial charge >= 0.3 is 0 Å². The highest BCUT2D eigenvalue weighted by Gasteiger charge is 2.19. The smallest absolute Gasteiger partial charge is 0.0568 e. The summed E-state index contributed by atoms with van der Waals surface area (Å²) in [6, 6.07) is 17.1. The van der Waals surface area contributed by atoms with Crippen LogP contribution in [0.4, 0.5) is 0 Å². The lowest BCUT2D eigenvalue weighted by Gasteiger charge is -2.26. The zero-order chi connectivity index (χ0) is 16.8. The van der Waals surface area contributed by atoms with E-state index >= 15 is 0 Å². The third-order valence-corrected chi connectivity index (χ3v) is 4.98. The van der Waals surface area contributed by atoms with Crippen molar-refractivity contribution >= 4 is 12.4 Å². The molecule has 0 bridgehead atoms. The summed E-state index contributed by atoms with van der Waals surface area (Å²) in [6.45, 7) is 4.45. The van der Waals surface area contributed by atoms with E-state index in [1.807, 2.05) is 18.3 Å². The van der Waals surface area contributed by atoms with Crippen LogP contribution in [0.25, 0.3) is 0 Å². The van der Waals surface area contributed by atoms with Gasteiger partial charge in [-0.2, -0.15) is 10.2 Å². The molecule has 0 aromatic heterocycles. The molecule has 1 saturated carbocycles. The van der Waals surface area contributed by atoms with Gasteiger partial charge in [0.15, 0.2) is 0 Å². The third-order valence-electron chi connectivity index (χ3n) is 4.98. The third kappa shape index (κ3) is 4.64. The molecule has 0 N–H and O–H groups in total. The highest BCUT2D eigenvalue weighted by Crippen LogP contribution is 2.35. The predicted octanol–water partition coefficient (Wildman–Crippen LogP) is 5.74. The van der Waals surface area contributed by atoms with Crippen molar-refractivity contribution in [3.8, 4) is 0 Å². The minimum atomic E-state index is 0.742. The van der Waals surface area contributed by atoms with Crippen LogP contribution in [0.3, 0.4) is 0 Å². The summed E-state index contributed by atoms with van der Waals surface area (Å²) >= 11 is 0. The Labute approximate surface area is 145 Å². The monoisotopic (exact) mass is 318 g/mol. The fourth-order valence-corrected chi connectivity index (χ4v) is 3.30. The molecule has 2 aromatic rings. The first-order valence-corrected chi connectivity index (χ1v) is 8.94. The van der Waals surface area contributed by atoms with Gasteiger partial charge in [-0.1, -0.05) is 73.9 Å². The van der Waals surface area contributed by atoms with Gasteiger partial charge < -0.3 is 0 Å². The van der Waals surface area contributed by atoms with Crippen LogP contribution in [0.5, 0.6) is 0 Å². The Morgan fingerprint density at radius 1 is 0.750 bits per heavy atom. The molecule has 0 saturated heterocycles. The van der Waals surface area contributed by atoms with E-state index in [2.05, 4.69) is 60.4 Å². The molecular weight excluding hydrogens is 292 g/mol. The molecule has 2 nitrogen and oxygen atoms in total. The minimum absolute atomic E-state index is 0.742. The van der Waals surface area contributed by atoms with Gasteiger partial charge in [0.1, 0.15) is 0 Å². The van der Waals surface area contributed by atoms with Gasteiger partial charge in [-0.25, -0.2) is 0 Å². The first-order chi connectivity index (χ1) is 11.7. The molecular formula is C22H26N2. The van der Waals surface area contributed by atoms with E-state index in [1.54, 1.807) is 6.21 Å². The number of hydrogen-bond donors (Lipinski definition) is 0. The van der Waals surface area contributed by atoms with Crippen LogP contribution in [-0.4, -0.2) is 12.4 Å². The summed E-state index contributed by atoms with van der Waals surface area (Å²) in [5.74, 6) is 1.64. The maximum absolute atomic E-state index is 4.16. The summed E-state index contributed by atoms with van der Waals surface area (Å²) in [4.78, 5) is 0. The van der Waals surface area contributed by atoms with Crippen molar-refractivity contribution in [3.63, 3.8) is 0 Å². The Balaban J connectivity index is 1.56. The van der Waals surface area contributed by atoms with Crippen molar-refractivity contribution in [2.45, 2.75) is 45.4 Å². The van der Waals surface area contributed by atoms with Crippen LogP contribution in [0.15, 0.2) is 58.7 Å². The summed E-state index contributed by atoms with van der Waals surface area (Å²) < 4.78 is 0. The predicted molar refractivity (Wildman–Crippen MR) is 103 cm³/mol. The van der Waals surface area contributed by atoms with Gasteiger partial charge in [0.25, 0.3) is 0 Å². The second-order valence-electron chi connectivity index (χ2n) is 7.02. The van der Waals surface area contributed by atoms with Crippen LogP contribution in [0.1, 0.15) is 60.8 Å². The number of rotatable bonds is 4. The maximum atomic E-state index is 4.16. The van der Waals surface area contributed by atoms with Gasteiger partial charge in [0, 0.05) is 0 Å². The molecule has 0 heterocycles. The Hall–Kier alpha value is -2.22. The Kier molecular flexibility index (Phi) is 5.58. The van der Waals surface area contributed by atoms with E-state index in [-0.39, 0.29) is 0 Å². The van der Waals surface area contributed by atoms with E-state index in [9.17, 15) is 0 Å². The molecule has 124 valence electrons. The van der Waals surface area contributed by atoms with E-state index in [1.165, 1.54) is 36.8 Å². The van der Waals surface area contributed by atoms with Gasteiger partial charge in [-0.05, 0) is 48.3 Å². The van der Waals surface area contributed by atoms with Crippen molar-refractivity contribution in [2.75, 3.05) is 0 Å². The molecule has 2 heteroatoms. The standard InChI is InChI=1S/C22H26N2/c1-17-3-7-19(8-4-17)15-23-24-16-20-9-13-22(14-10-20)21-11-5-18(2)6-12-21/h3-4,7-10,13-16,18,21H,5-6,11-12H2,1-2H3. The molecule has 0 spiro atoms. The number of nitrogens with zero attached hydrogens (tertiary/aromatic N) is 2. The number of benzene rings is 2.